The average molecular weight is 216 g/mol. The van der Waals surface area contributed by atoms with Gasteiger partial charge in [-0.05, 0) is 25.1 Å². The van der Waals surface area contributed by atoms with E-state index in [4.69, 9.17) is 0 Å². The number of nitrogens with zero attached hydrogens (tertiary/aromatic N) is 2. The van der Waals surface area contributed by atoms with E-state index >= 15 is 0 Å². The van der Waals surface area contributed by atoms with Crippen LogP contribution in [-0.2, 0) is 11.2 Å². The maximum Gasteiger partial charge on any atom is 0.230 e. The lowest BCUT2D eigenvalue weighted by molar-refractivity contribution is -0.115. The van der Waals surface area contributed by atoms with E-state index in [-0.39, 0.29) is 12.3 Å². The molecule has 0 aliphatic heterocycles. The number of hydrogen-bond donors (Lipinski definition) is 2. The van der Waals surface area contributed by atoms with Crippen molar-refractivity contribution >= 4 is 11.6 Å². The summed E-state index contributed by atoms with van der Waals surface area (Å²) in [5, 5.41) is 9.32. The fourth-order valence-electron chi connectivity index (χ4n) is 1.37. The molecule has 0 bridgehead atoms. The molecular weight excluding hydrogens is 204 g/mol. The van der Waals surface area contributed by atoms with Gasteiger partial charge in [-0.3, -0.25) is 14.9 Å². The van der Waals surface area contributed by atoms with Crippen LogP contribution in [-0.4, -0.2) is 21.1 Å². The van der Waals surface area contributed by atoms with Crippen LogP contribution in [0.1, 0.15) is 11.4 Å². The second kappa shape index (κ2) is 4.57. The largest absolute Gasteiger partial charge is 0.324 e. The van der Waals surface area contributed by atoms with Gasteiger partial charge in [0.15, 0.2) is 0 Å². The highest BCUT2D eigenvalue weighted by atomic mass is 16.1. The van der Waals surface area contributed by atoms with Crippen LogP contribution in [0.3, 0.4) is 0 Å². The van der Waals surface area contributed by atoms with Gasteiger partial charge in [-0.25, -0.2) is 0 Å². The second-order valence-electron chi connectivity index (χ2n) is 3.44. The van der Waals surface area contributed by atoms with Gasteiger partial charge in [0.25, 0.3) is 0 Å². The minimum atomic E-state index is -0.0830. The Kier molecular flexibility index (Phi) is 2.95. The van der Waals surface area contributed by atoms with Crippen LogP contribution in [0, 0.1) is 6.92 Å². The number of aromatic amines is 1. The molecule has 2 heterocycles. The molecule has 0 aromatic carbocycles. The van der Waals surface area contributed by atoms with Crippen LogP contribution in [0.5, 0.6) is 0 Å². The molecule has 16 heavy (non-hydrogen) atoms. The van der Waals surface area contributed by atoms with Crippen LogP contribution < -0.4 is 5.32 Å². The third-order valence-electron chi connectivity index (χ3n) is 2.19. The minimum Gasteiger partial charge on any atom is -0.324 e. The molecule has 0 unspecified atom stereocenters. The van der Waals surface area contributed by atoms with E-state index in [1.807, 2.05) is 13.0 Å². The number of nitrogens with one attached hydrogen (secondary N) is 2. The van der Waals surface area contributed by atoms with E-state index in [1.165, 1.54) is 0 Å². The van der Waals surface area contributed by atoms with Crippen molar-refractivity contribution in [2.24, 2.45) is 0 Å². The predicted molar refractivity (Wildman–Crippen MR) is 59.9 cm³/mol. The molecule has 1 amide bonds. The maximum absolute atomic E-state index is 11.6. The summed E-state index contributed by atoms with van der Waals surface area (Å²) in [7, 11) is 0. The number of anilines is 1. The molecule has 0 radical (unpaired) electrons. The van der Waals surface area contributed by atoms with Gasteiger partial charge < -0.3 is 5.32 Å². The smallest absolute Gasteiger partial charge is 0.230 e. The summed E-state index contributed by atoms with van der Waals surface area (Å²) in [6.45, 7) is 1.85. The summed E-state index contributed by atoms with van der Waals surface area (Å²) in [4.78, 5) is 15.7. The predicted octanol–water partition coefficient (Wildman–Crippen LogP) is 1.29. The maximum atomic E-state index is 11.6. The Morgan fingerprint density at radius 1 is 1.44 bits per heavy atom. The van der Waals surface area contributed by atoms with E-state index in [1.54, 1.807) is 24.5 Å². The molecule has 2 rings (SSSR count). The fraction of sp³-hybridized carbons (Fsp3) is 0.182. The van der Waals surface area contributed by atoms with Crippen molar-refractivity contribution in [1.29, 1.82) is 0 Å². The first kappa shape index (κ1) is 10.4. The van der Waals surface area contributed by atoms with Crippen molar-refractivity contribution in [1.82, 2.24) is 15.2 Å². The van der Waals surface area contributed by atoms with Crippen molar-refractivity contribution < 1.29 is 4.79 Å². The van der Waals surface area contributed by atoms with E-state index < -0.39 is 0 Å². The summed E-state index contributed by atoms with van der Waals surface area (Å²) in [6, 6.07) is 5.39. The quantitative estimate of drug-likeness (QED) is 0.812. The van der Waals surface area contributed by atoms with Crippen molar-refractivity contribution in [3.63, 3.8) is 0 Å². The fourth-order valence-corrected chi connectivity index (χ4v) is 1.37. The minimum absolute atomic E-state index is 0.0830. The van der Waals surface area contributed by atoms with Crippen molar-refractivity contribution in [3.05, 3.63) is 42.0 Å². The molecule has 2 N–H and O–H groups in total. The van der Waals surface area contributed by atoms with E-state index in [9.17, 15) is 4.79 Å². The highest BCUT2D eigenvalue weighted by molar-refractivity contribution is 5.92. The van der Waals surface area contributed by atoms with Crippen molar-refractivity contribution in [2.45, 2.75) is 13.3 Å². The summed E-state index contributed by atoms with van der Waals surface area (Å²) in [5.74, 6) is -0.0830. The number of amides is 1. The first-order chi connectivity index (χ1) is 7.75. The van der Waals surface area contributed by atoms with Crippen LogP contribution in [0.15, 0.2) is 30.6 Å². The van der Waals surface area contributed by atoms with Gasteiger partial charge in [0.1, 0.15) is 0 Å². The monoisotopic (exact) mass is 216 g/mol. The molecule has 82 valence electrons. The first-order valence-electron chi connectivity index (χ1n) is 4.95. The third-order valence-corrected chi connectivity index (χ3v) is 2.19. The van der Waals surface area contributed by atoms with Crippen LogP contribution in [0.25, 0.3) is 0 Å². The molecule has 2 aromatic rings. The van der Waals surface area contributed by atoms with E-state index in [2.05, 4.69) is 20.5 Å². The molecule has 0 saturated heterocycles. The first-order valence-corrected chi connectivity index (χ1v) is 4.95. The Morgan fingerprint density at radius 3 is 3.00 bits per heavy atom. The number of carbonyl (C=O) groups excluding carboxylic acids is 1. The van der Waals surface area contributed by atoms with Crippen LogP contribution in [0.2, 0.25) is 0 Å². The molecule has 5 nitrogen and oxygen atoms in total. The molecule has 5 heteroatoms. The van der Waals surface area contributed by atoms with Crippen LogP contribution in [0.4, 0.5) is 5.69 Å². The standard InChI is InChI=1S/C11H12N4O/c1-8-10(3-2-5-12-8)14-11(16)7-9-4-6-13-15-9/h2-6H,7H2,1H3,(H,13,15)(H,14,16). The van der Waals surface area contributed by atoms with Crippen LogP contribution >= 0.6 is 0 Å². The van der Waals surface area contributed by atoms with Crippen molar-refractivity contribution in [3.8, 4) is 0 Å². The average Bonchev–Trinajstić information content (AvgIpc) is 2.74. The Bertz CT molecular complexity index is 478. The van der Waals surface area contributed by atoms with Gasteiger partial charge in [-0.1, -0.05) is 0 Å². The lowest BCUT2D eigenvalue weighted by Gasteiger charge is -2.06. The number of H-pyrrole nitrogens is 1. The molecule has 0 fully saturated rings. The molecule has 2 aromatic heterocycles. The SMILES string of the molecule is Cc1ncccc1NC(=O)Cc1ccn[nH]1. The zero-order valence-electron chi connectivity index (χ0n) is 8.90. The Balaban J connectivity index is 2.00. The topological polar surface area (TPSA) is 70.7 Å². The highest BCUT2D eigenvalue weighted by Gasteiger charge is 2.06. The number of hydrogen-bond acceptors (Lipinski definition) is 3. The Morgan fingerprint density at radius 2 is 2.31 bits per heavy atom. The number of carbonyl (C=O) groups is 1. The van der Waals surface area contributed by atoms with Gasteiger partial charge in [-0.15, -0.1) is 0 Å². The molecule has 0 aliphatic rings. The molecule has 0 saturated carbocycles. The number of rotatable bonds is 3. The summed E-state index contributed by atoms with van der Waals surface area (Å²) in [6.07, 6.45) is 3.60. The second-order valence-corrected chi connectivity index (χ2v) is 3.44. The van der Waals surface area contributed by atoms with E-state index in [0.717, 1.165) is 17.1 Å². The number of pyridine rings is 1. The van der Waals surface area contributed by atoms with Gasteiger partial charge in [-0.2, -0.15) is 5.10 Å². The number of aromatic nitrogens is 3. The zero-order valence-corrected chi connectivity index (χ0v) is 8.90. The molecule has 0 atom stereocenters. The van der Waals surface area contributed by atoms with Crippen molar-refractivity contribution in [2.75, 3.05) is 5.32 Å². The Hall–Kier alpha value is -2.17. The van der Waals surface area contributed by atoms with Gasteiger partial charge in [0, 0.05) is 18.1 Å². The van der Waals surface area contributed by atoms with Gasteiger partial charge in [0.05, 0.1) is 17.8 Å². The molecule has 0 spiro atoms. The Labute approximate surface area is 92.9 Å². The summed E-state index contributed by atoms with van der Waals surface area (Å²) in [5.41, 5.74) is 2.34. The lowest BCUT2D eigenvalue weighted by atomic mass is 10.2. The summed E-state index contributed by atoms with van der Waals surface area (Å²) < 4.78 is 0. The normalized spacial score (nSPS) is 10.1. The zero-order chi connectivity index (χ0) is 11.4. The summed E-state index contributed by atoms with van der Waals surface area (Å²) >= 11 is 0. The number of aryl methyl sites for hydroxylation is 1. The molecular formula is C11H12N4O. The highest BCUT2D eigenvalue weighted by Crippen LogP contribution is 2.10. The van der Waals surface area contributed by atoms with Gasteiger partial charge >= 0.3 is 0 Å². The lowest BCUT2D eigenvalue weighted by Crippen LogP contribution is -2.15. The molecule has 0 aliphatic carbocycles. The van der Waals surface area contributed by atoms with Gasteiger partial charge in [0.2, 0.25) is 5.91 Å². The third kappa shape index (κ3) is 2.44. The van der Waals surface area contributed by atoms with E-state index in [0.29, 0.717) is 0 Å².